The summed E-state index contributed by atoms with van der Waals surface area (Å²) in [5, 5.41) is 3.33. The molecule has 0 spiro atoms. The number of nitrogens with one attached hydrogen (secondary N) is 1. The van der Waals surface area contributed by atoms with Crippen LogP contribution in [0, 0.1) is 6.92 Å². The van der Waals surface area contributed by atoms with Crippen LogP contribution in [0.4, 0.5) is 0 Å². The summed E-state index contributed by atoms with van der Waals surface area (Å²) in [6.45, 7) is 3.51. The van der Waals surface area contributed by atoms with E-state index in [1.165, 1.54) is 4.57 Å². The SMILES string of the molecule is COCCCNC(=O)Cc1ccc(-n2c(=O)c3ccccc3n(Cc3ccccc3C)c2=O)cc1. The Hall–Kier alpha value is -3.97. The van der Waals surface area contributed by atoms with Gasteiger partial charge in [-0.1, -0.05) is 48.5 Å². The van der Waals surface area contributed by atoms with Crippen molar-refractivity contribution in [3.05, 3.63) is 110 Å². The van der Waals surface area contributed by atoms with Crippen LogP contribution in [-0.2, 0) is 22.5 Å². The van der Waals surface area contributed by atoms with Crippen LogP contribution in [-0.4, -0.2) is 35.3 Å². The average molecular weight is 472 g/mol. The van der Waals surface area contributed by atoms with Gasteiger partial charge in [0, 0.05) is 20.3 Å². The Labute approximate surface area is 203 Å². The van der Waals surface area contributed by atoms with E-state index >= 15 is 0 Å². The number of fused-ring (bicyclic) bond motifs is 1. The molecule has 1 heterocycles. The van der Waals surface area contributed by atoms with Gasteiger partial charge in [-0.3, -0.25) is 14.2 Å². The molecule has 4 rings (SSSR count). The second-order valence-electron chi connectivity index (χ2n) is 8.49. The van der Waals surface area contributed by atoms with Gasteiger partial charge in [0.2, 0.25) is 5.91 Å². The monoisotopic (exact) mass is 471 g/mol. The van der Waals surface area contributed by atoms with Crippen LogP contribution >= 0.6 is 0 Å². The lowest BCUT2D eigenvalue weighted by Gasteiger charge is -2.15. The van der Waals surface area contributed by atoms with Gasteiger partial charge in [-0.25, -0.2) is 9.36 Å². The highest BCUT2D eigenvalue weighted by Crippen LogP contribution is 2.15. The van der Waals surface area contributed by atoms with Crippen LogP contribution in [0.5, 0.6) is 0 Å². The fourth-order valence-electron chi connectivity index (χ4n) is 4.11. The predicted molar refractivity (Wildman–Crippen MR) is 137 cm³/mol. The Balaban J connectivity index is 1.68. The van der Waals surface area contributed by atoms with E-state index < -0.39 is 5.69 Å². The van der Waals surface area contributed by atoms with E-state index in [4.69, 9.17) is 4.74 Å². The number of carbonyl (C=O) groups is 1. The maximum Gasteiger partial charge on any atom is 0.336 e. The van der Waals surface area contributed by atoms with Crippen LogP contribution in [0.1, 0.15) is 23.1 Å². The number of carbonyl (C=O) groups excluding carboxylic acids is 1. The van der Waals surface area contributed by atoms with Gasteiger partial charge >= 0.3 is 5.69 Å². The molecule has 3 aromatic carbocycles. The highest BCUT2D eigenvalue weighted by Gasteiger charge is 2.15. The van der Waals surface area contributed by atoms with Gasteiger partial charge in [-0.05, 0) is 54.3 Å². The molecule has 0 saturated heterocycles. The Morgan fingerprint density at radius 3 is 2.40 bits per heavy atom. The molecular formula is C28H29N3O4. The first-order valence-electron chi connectivity index (χ1n) is 11.6. The number of ether oxygens (including phenoxy) is 1. The van der Waals surface area contributed by atoms with Crippen molar-refractivity contribution in [2.45, 2.75) is 26.3 Å². The molecular weight excluding hydrogens is 442 g/mol. The van der Waals surface area contributed by atoms with Gasteiger partial charge in [-0.15, -0.1) is 0 Å². The lowest BCUT2D eigenvalue weighted by molar-refractivity contribution is -0.120. The van der Waals surface area contributed by atoms with Gasteiger partial charge in [0.05, 0.1) is 29.6 Å². The molecule has 7 heteroatoms. The molecule has 0 aliphatic heterocycles. The summed E-state index contributed by atoms with van der Waals surface area (Å²) in [6.07, 6.45) is 0.970. The standard InChI is InChI=1S/C28H29N3O4/c1-20-8-3-4-9-22(20)19-30-25-11-6-5-10-24(25)27(33)31(28(30)34)23-14-12-21(13-15-23)18-26(32)29-16-7-17-35-2/h3-6,8-15H,7,16-19H2,1-2H3,(H,29,32). The van der Waals surface area contributed by atoms with Gasteiger partial charge in [-0.2, -0.15) is 0 Å². The summed E-state index contributed by atoms with van der Waals surface area (Å²) >= 11 is 0. The van der Waals surface area contributed by atoms with Crippen molar-refractivity contribution in [2.75, 3.05) is 20.3 Å². The zero-order valence-corrected chi connectivity index (χ0v) is 20.0. The third-order valence-corrected chi connectivity index (χ3v) is 6.05. The van der Waals surface area contributed by atoms with Crippen molar-refractivity contribution >= 4 is 16.8 Å². The molecule has 0 radical (unpaired) electrons. The summed E-state index contributed by atoms with van der Waals surface area (Å²) in [4.78, 5) is 39.1. The molecule has 0 saturated carbocycles. The van der Waals surface area contributed by atoms with E-state index in [0.717, 1.165) is 23.1 Å². The second-order valence-corrected chi connectivity index (χ2v) is 8.49. The molecule has 1 amide bonds. The predicted octanol–water partition coefficient (Wildman–Crippen LogP) is 3.20. The number of rotatable bonds is 9. The van der Waals surface area contributed by atoms with Crippen molar-refractivity contribution < 1.29 is 9.53 Å². The van der Waals surface area contributed by atoms with Gasteiger partial charge in [0.25, 0.3) is 5.56 Å². The number of amides is 1. The molecule has 0 unspecified atom stereocenters. The summed E-state index contributed by atoms with van der Waals surface area (Å²) in [5.41, 5.74) is 3.18. The van der Waals surface area contributed by atoms with E-state index in [2.05, 4.69) is 5.32 Å². The third-order valence-electron chi connectivity index (χ3n) is 6.05. The fourth-order valence-corrected chi connectivity index (χ4v) is 4.11. The molecule has 0 aliphatic rings. The Bertz CT molecular complexity index is 1450. The number of nitrogens with zero attached hydrogens (tertiary/aromatic N) is 2. The Kier molecular flexibility index (Phi) is 7.57. The number of hydrogen-bond acceptors (Lipinski definition) is 4. The number of aryl methyl sites for hydroxylation is 1. The number of benzene rings is 3. The lowest BCUT2D eigenvalue weighted by atomic mass is 10.1. The topological polar surface area (TPSA) is 82.3 Å². The van der Waals surface area contributed by atoms with Crippen LogP contribution in [0.3, 0.4) is 0 Å². The zero-order valence-electron chi connectivity index (χ0n) is 20.0. The lowest BCUT2D eigenvalue weighted by Crippen LogP contribution is -2.39. The van der Waals surface area contributed by atoms with Crippen molar-refractivity contribution in [3.63, 3.8) is 0 Å². The van der Waals surface area contributed by atoms with Gasteiger partial charge < -0.3 is 10.1 Å². The summed E-state index contributed by atoms with van der Waals surface area (Å²) in [6, 6.07) is 22.0. The first-order valence-corrected chi connectivity index (χ1v) is 11.6. The van der Waals surface area contributed by atoms with E-state index in [0.29, 0.717) is 36.3 Å². The highest BCUT2D eigenvalue weighted by atomic mass is 16.5. The van der Waals surface area contributed by atoms with Gasteiger partial charge in [0.15, 0.2) is 0 Å². The quantitative estimate of drug-likeness (QED) is 0.380. The van der Waals surface area contributed by atoms with Crippen LogP contribution in [0.25, 0.3) is 16.6 Å². The average Bonchev–Trinajstić information content (AvgIpc) is 2.86. The van der Waals surface area contributed by atoms with Crippen LogP contribution < -0.4 is 16.6 Å². The van der Waals surface area contributed by atoms with Crippen LogP contribution in [0.15, 0.2) is 82.4 Å². The molecule has 35 heavy (non-hydrogen) atoms. The van der Waals surface area contributed by atoms with Crippen molar-refractivity contribution in [1.82, 2.24) is 14.5 Å². The summed E-state index contributed by atoms with van der Waals surface area (Å²) in [7, 11) is 1.63. The minimum atomic E-state index is -0.402. The maximum atomic E-state index is 13.6. The molecule has 180 valence electrons. The maximum absolute atomic E-state index is 13.6. The normalized spacial score (nSPS) is 11.0. The minimum Gasteiger partial charge on any atom is -0.385 e. The molecule has 0 atom stereocenters. The molecule has 0 bridgehead atoms. The van der Waals surface area contributed by atoms with E-state index in [1.54, 1.807) is 54.1 Å². The molecule has 0 fully saturated rings. The van der Waals surface area contributed by atoms with Crippen molar-refractivity contribution in [2.24, 2.45) is 0 Å². The first-order chi connectivity index (χ1) is 17.0. The van der Waals surface area contributed by atoms with Crippen LogP contribution in [0.2, 0.25) is 0 Å². The fraction of sp³-hybridized carbons (Fsp3) is 0.250. The largest absolute Gasteiger partial charge is 0.385 e. The van der Waals surface area contributed by atoms with E-state index in [9.17, 15) is 14.4 Å². The molecule has 7 nitrogen and oxygen atoms in total. The van der Waals surface area contributed by atoms with E-state index in [-0.39, 0.29) is 17.9 Å². The van der Waals surface area contributed by atoms with Gasteiger partial charge in [0.1, 0.15) is 0 Å². The van der Waals surface area contributed by atoms with Crippen molar-refractivity contribution in [3.8, 4) is 5.69 Å². The Morgan fingerprint density at radius 2 is 1.66 bits per heavy atom. The molecule has 4 aromatic rings. The Morgan fingerprint density at radius 1 is 0.943 bits per heavy atom. The number of para-hydroxylation sites is 1. The third kappa shape index (κ3) is 5.41. The molecule has 0 aliphatic carbocycles. The molecule has 1 aromatic heterocycles. The minimum absolute atomic E-state index is 0.0858. The van der Waals surface area contributed by atoms with Crippen molar-refractivity contribution in [1.29, 1.82) is 0 Å². The zero-order chi connectivity index (χ0) is 24.8. The number of aromatic nitrogens is 2. The summed E-state index contributed by atoms with van der Waals surface area (Å²) in [5.74, 6) is -0.0858. The second kappa shape index (κ2) is 11.0. The number of methoxy groups -OCH3 is 1. The summed E-state index contributed by atoms with van der Waals surface area (Å²) < 4.78 is 7.83. The highest BCUT2D eigenvalue weighted by molar-refractivity contribution is 5.79. The first kappa shape index (κ1) is 24.2. The van der Waals surface area contributed by atoms with E-state index in [1.807, 2.05) is 37.3 Å². The molecule has 1 N–H and O–H groups in total. The number of hydrogen-bond donors (Lipinski definition) is 1. The smallest absolute Gasteiger partial charge is 0.336 e.